The summed E-state index contributed by atoms with van der Waals surface area (Å²) in [6.45, 7) is 0.334. The van der Waals surface area contributed by atoms with Crippen molar-refractivity contribution < 1.29 is 9.53 Å². The molecule has 0 aromatic heterocycles. The smallest absolute Gasteiger partial charge is 0.266 e. The molecule has 3 rings (SSSR count). The van der Waals surface area contributed by atoms with Gasteiger partial charge in [0.15, 0.2) is 0 Å². The van der Waals surface area contributed by atoms with Crippen molar-refractivity contribution >= 4 is 79.4 Å². The van der Waals surface area contributed by atoms with Crippen LogP contribution >= 0.6 is 61.7 Å². The largest absolute Gasteiger partial charge is 0.488 e. The van der Waals surface area contributed by atoms with Crippen LogP contribution in [-0.4, -0.2) is 5.91 Å². The molecule has 1 amide bonds. The summed E-state index contributed by atoms with van der Waals surface area (Å²) in [5.41, 5.74) is 2.21. The van der Waals surface area contributed by atoms with Crippen molar-refractivity contribution in [3.05, 3.63) is 95.5 Å². The van der Waals surface area contributed by atoms with Crippen LogP contribution in [0.4, 0.5) is 5.69 Å². The number of rotatable bonds is 6. The highest BCUT2D eigenvalue weighted by Crippen LogP contribution is 2.26. The number of amides is 1. The van der Waals surface area contributed by atoms with Crippen LogP contribution in [0.2, 0.25) is 10.0 Å². The topological polar surface area (TPSA) is 62.1 Å². The van der Waals surface area contributed by atoms with Crippen molar-refractivity contribution in [3.8, 4) is 11.8 Å². The first kappa shape index (κ1) is 23.6. The first-order valence-electron chi connectivity index (χ1n) is 8.90. The van der Waals surface area contributed by atoms with Gasteiger partial charge in [-0.05, 0) is 82.3 Å². The summed E-state index contributed by atoms with van der Waals surface area (Å²) in [6, 6.07) is 19.9. The summed E-state index contributed by atoms with van der Waals surface area (Å²) < 4.78 is 7.54. The van der Waals surface area contributed by atoms with E-state index in [2.05, 4.69) is 43.8 Å². The Kier molecular flexibility index (Phi) is 8.38. The highest BCUT2D eigenvalue weighted by atomic mass is 127. The maximum atomic E-state index is 12.5. The number of hydrogen-bond acceptors (Lipinski definition) is 3. The molecule has 156 valence electrons. The van der Waals surface area contributed by atoms with E-state index >= 15 is 0 Å². The van der Waals surface area contributed by atoms with Crippen LogP contribution in [0.1, 0.15) is 11.1 Å². The quantitative estimate of drug-likeness (QED) is 0.175. The van der Waals surface area contributed by atoms with Gasteiger partial charge < -0.3 is 10.1 Å². The van der Waals surface area contributed by atoms with Gasteiger partial charge in [0.1, 0.15) is 24.0 Å². The predicted molar refractivity (Wildman–Crippen MR) is 136 cm³/mol. The van der Waals surface area contributed by atoms with Crippen molar-refractivity contribution in [1.82, 2.24) is 0 Å². The molecule has 0 spiro atoms. The summed E-state index contributed by atoms with van der Waals surface area (Å²) in [7, 11) is 0. The molecule has 0 saturated carbocycles. The lowest BCUT2D eigenvalue weighted by Crippen LogP contribution is -2.13. The number of nitriles is 1. The molecular weight excluding hydrogens is 614 g/mol. The standard InChI is InChI=1S/C23H14BrCl2IN2O2/c24-17-2-1-3-18(11-17)29-23(30)16(12-28)8-14-5-7-22(21(27)10-14)31-13-15-4-6-19(25)20(26)9-15/h1-11H,13H2,(H,29,30)/b16-8-. The molecule has 0 unspecified atom stereocenters. The van der Waals surface area contributed by atoms with Gasteiger partial charge in [0.25, 0.3) is 5.91 Å². The minimum atomic E-state index is -0.476. The minimum absolute atomic E-state index is 0.000231. The van der Waals surface area contributed by atoms with Crippen LogP contribution in [-0.2, 0) is 11.4 Å². The summed E-state index contributed by atoms with van der Waals surface area (Å²) in [6.07, 6.45) is 1.54. The van der Waals surface area contributed by atoms with Gasteiger partial charge in [-0.15, -0.1) is 0 Å². The fourth-order valence-electron chi connectivity index (χ4n) is 2.59. The Hall–Kier alpha value is -2.05. The van der Waals surface area contributed by atoms with Crippen LogP contribution in [0.5, 0.6) is 5.75 Å². The maximum Gasteiger partial charge on any atom is 0.266 e. The Morgan fingerprint density at radius 1 is 1.13 bits per heavy atom. The van der Waals surface area contributed by atoms with E-state index in [1.807, 2.05) is 24.3 Å². The second-order valence-electron chi connectivity index (χ2n) is 6.36. The monoisotopic (exact) mass is 626 g/mol. The van der Waals surface area contributed by atoms with Crippen LogP contribution in [0, 0.1) is 14.9 Å². The fourth-order valence-corrected chi connectivity index (χ4v) is 4.01. The number of benzene rings is 3. The third-order valence-corrected chi connectivity index (χ3v) is 6.17. The third-order valence-electron chi connectivity index (χ3n) is 4.09. The zero-order chi connectivity index (χ0) is 22.4. The van der Waals surface area contributed by atoms with E-state index in [0.717, 1.165) is 13.6 Å². The van der Waals surface area contributed by atoms with Gasteiger partial charge in [-0.2, -0.15) is 5.26 Å². The Labute approximate surface area is 212 Å². The fraction of sp³-hybridized carbons (Fsp3) is 0.0435. The molecule has 0 aliphatic heterocycles. The van der Waals surface area contributed by atoms with E-state index in [0.29, 0.717) is 33.7 Å². The lowest BCUT2D eigenvalue weighted by Gasteiger charge is -2.10. The van der Waals surface area contributed by atoms with E-state index in [1.165, 1.54) is 6.08 Å². The number of nitrogens with one attached hydrogen (secondary N) is 1. The third kappa shape index (κ3) is 6.71. The van der Waals surface area contributed by atoms with Gasteiger partial charge in [-0.3, -0.25) is 4.79 Å². The van der Waals surface area contributed by atoms with Crippen molar-refractivity contribution in [2.45, 2.75) is 6.61 Å². The molecule has 0 aliphatic carbocycles. The molecular formula is C23H14BrCl2IN2O2. The molecule has 8 heteroatoms. The van der Waals surface area contributed by atoms with Crippen molar-refractivity contribution in [1.29, 1.82) is 5.26 Å². The summed E-state index contributed by atoms with van der Waals surface area (Å²) in [5, 5.41) is 13.1. The van der Waals surface area contributed by atoms with Gasteiger partial charge in [0.2, 0.25) is 0 Å². The molecule has 4 nitrogen and oxygen atoms in total. The molecule has 0 fully saturated rings. The van der Waals surface area contributed by atoms with Gasteiger partial charge in [0, 0.05) is 10.2 Å². The second kappa shape index (κ2) is 11.0. The van der Waals surface area contributed by atoms with E-state index < -0.39 is 5.91 Å². The van der Waals surface area contributed by atoms with Crippen LogP contribution in [0.25, 0.3) is 6.08 Å². The normalized spacial score (nSPS) is 11.0. The highest BCUT2D eigenvalue weighted by Gasteiger charge is 2.11. The van der Waals surface area contributed by atoms with Crippen molar-refractivity contribution in [3.63, 3.8) is 0 Å². The molecule has 1 N–H and O–H groups in total. The number of carbonyl (C=O) groups is 1. The Morgan fingerprint density at radius 2 is 1.94 bits per heavy atom. The average molecular weight is 628 g/mol. The van der Waals surface area contributed by atoms with E-state index in [4.69, 9.17) is 27.9 Å². The van der Waals surface area contributed by atoms with Crippen LogP contribution < -0.4 is 10.1 Å². The molecule has 0 radical (unpaired) electrons. The lowest BCUT2D eigenvalue weighted by molar-refractivity contribution is -0.112. The number of anilines is 1. The van der Waals surface area contributed by atoms with E-state index in [1.54, 1.807) is 42.5 Å². The Morgan fingerprint density at radius 3 is 2.61 bits per heavy atom. The van der Waals surface area contributed by atoms with E-state index in [9.17, 15) is 10.1 Å². The number of nitrogens with zero attached hydrogens (tertiary/aromatic N) is 1. The van der Waals surface area contributed by atoms with Crippen molar-refractivity contribution in [2.75, 3.05) is 5.32 Å². The predicted octanol–water partition coefficient (Wildman–Crippen LogP) is 7.49. The molecule has 0 heterocycles. The Bertz CT molecular complexity index is 1210. The highest BCUT2D eigenvalue weighted by molar-refractivity contribution is 14.1. The van der Waals surface area contributed by atoms with E-state index in [-0.39, 0.29) is 5.57 Å². The Balaban J connectivity index is 1.71. The molecule has 0 saturated heterocycles. The number of halogens is 4. The van der Waals surface area contributed by atoms with Gasteiger partial charge in [-0.1, -0.05) is 57.3 Å². The minimum Gasteiger partial charge on any atom is -0.488 e. The molecule has 0 atom stereocenters. The lowest BCUT2D eigenvalue weighted by atomic mass is 10.1. The zero-order valence-corrected chi connectivity index (χ0v) is 21.1. The van der Waals surface area contributed by atoms with Crippen LogP contribution in [0.3, 0.4) is 0 Å². The molecule has 31 heavy (non-hydrogen) atoms. The molecule has 3 aromatic carbocycles. The van der Waals surface area contributed by atoms with Crippen molar-refractivity contribution in [2.24, 2.45) is 0 Å². The summed E-state index contributed by atoms with van der Waals surface area (Å²) in [4.78, 5) is 12.5. The number of hydrogen-bond donors (Lipinski definition) is 1. The van der Waals surface area contributed by atoms with Gasteiger partial charge in [-0.25, -0.2) is 0 Å². The van der Waals surface area contributed by atoms with Gasteiger partial charge >= 0.3 is 0 Å². The van der Waals surface area contributed by atoms with Crippen LogP contribution in [0.15, 0.2) is 70.7 Å². The second-order valence-corrected chi connectivity index (χ2v) is 9.25. The average Bonchev–Trinajstić information content (AvgIpc) is 2.73. The first-order chi connectivity index (χ1) is 14.9. The van der Waals surface area contributed by atoms with Gasteiger partial charge in [0.05, 0.1) is 13.6 Å². The first-order valence-corrected chi connectivity index (χ1v) is 11.5. The number of ether oxygens (including phenoxy) is 1. The SMILES string of the molecule is N#C/C(=C/c1ccc(OCc2ccc(Cl)c(Cl)c2)c(I)c1)C(=O)Nc1cccc(Br)c1. The molecule has 3 aromatic rings. The summed E-state index contributed by atoms with van der Waals surface area (Å²) >= 11 is 17.5. The molecule has 0 bridgehead atoms. The zero-order valence-electron chi connectivity index (χ0n) is 15.8. The maximum absolute atomic E-state index is 12.5. The molecule has 0 aliphatic rings. The summed E-state index contributed by atoms with van der Waals surface area (Å²) in [5.74, 6) is 0.205. The number of carbonyl (C=O) groups excluding carboxylic acids is 1.